The molecule has 112 valence electrons. The van der Waals surface area contributed by atoms with Crippen molar-refractivity contribution in [3.63, 3.8) is 0 Å². The number of aliphatic hydroxyl groups is 1. The average Bonchev–Trinajstić information content (AvgIpc) is 2.44. The van der Waals surface area contributed by atoms with Crippen molar-refractivity contribution in [2.45, 2.75) is 39.7 Å². The monoisotopic (exact) mass is 279 g/mol. The molecule has 4 heteroatoms. The number of rotatable bonds is 8. The van der Waals surface area contributed by atoms with Crippen LogP contribution in [0.5, 0.6) is 5.75 Å². The van der Waals surface area contributed by atoms with Crippen LogP contribution in [0.15, 0.2) is 24.3 Å². The molecule has 0 aromatic heterocycles. The van der Waals surface area contributed by atoms with E-state index >= 15 is 0 Å². The van der Waals surface area contributed by atoms with E-state index < -0.39 is 0 Å². The molecule has 20 heavy (non-hydrogen) atoms. The molecule has 0 saturated heterocycles. The van der Waals surface area contributed by atoms with Crippen molar-refractivity contribution >= 4 is 5.91 Å². The van der Waals surface area contributed by atoms with E-state index in [0.717, 1.165) is 11.3 Å². The number of amides is 1. The Labute approximate surface area is 121 Å². The third-order valence-corrected chi connectivity index (χ3v) is 3.43. The summed E-state index contributed by atoms with van der Waals surface area (Å²) in [4.78, 5) is 11.7. The third-order valence-electron chi connectivity index (χ3n) is 3.43. The molecule has 2 atom stereocenters. The van der Waals surface area contributed by atoms with Gasteiger partial charge in [0.2, 0.25) is 5.91 Å². The Balaban J connectivity index is 2.21. The quantitative estimate of drug-likeness (QED) is 0.718. The molecule has 1 aromatic carbocycles. The Hall–Kier alpha value is -1.55. The highest BCUT2D eigenvalue weighted by atomic mass is 16.5. The minimum Gasteiger partial charge on any atom is -0.493 e. The molecule has 0 heterocycles. The van der Waals surface area contributed by atoms with Gasteiger partial charge in [0, 0.05) is 19.1 Å². The molecule has 0 aliphatic carbocycles. The van der Waals surface area contributed by atoms with Crippen molar-refractivity contribution < 1.29 is 14.6 Å². The van der Waals surface area contributed by atoms with Gasteiger partial charge in [0.05, 0.1) is 6.61 Å². The average molecular weight is 279 g/mol. The maximum absolute atomic E-state index is 11.7. The summed E-state index contributed by atoms with van der Waals surface area (Å²) in [7, 11) is 0. The minimum atomic E-state index is -0.00946. The second-order valence-corrected chi connectivity index (χ2v) is 5.23. The summed E-state index contributed by atoms with van der Waals surface area (Å²) in [6.45, 7) is 6.43. The standard InChI is InChI=1S/C16H25NO3/c1-12-7-4-5-8-15(12)20-10-6-9-16(19)17-14(3)13(2)11-18/h4-5,7-8,13-14,18H,6,9-11H2,1-3H3,(H,17,19). The second kappa shape index (κ2) is 8.59. The Morgan fingerprint density at radius 1 is 1.35 bits per heavy atom. The Morgan fingerprint density at radius 2 is 2.05 bits per heavy atom. The van der Waals surface area contributed by atoms with Crippen LogP contribution in [-0.2, 0) is 4.79 Å². The van der Waals surface area contributed by atoms with Gasteiger partial charge in [0.1, 0.15) is 5.75 Å². The van der Waals surface area contributed by atoms with Gasteiger partial charge in [-0.2, -0.15) is 0 Å². The first-order valence-electron chi connectivity index (χ1n) is 7.13. The molecule has 1 rings (SSSR count). The van der Waals surface area contributed by atoms with E-state index in [4.69, 9.17) is 9.84 Å². The summed E-state index contributed by atoms with van der Waals surface area (Å²) in [6, 6.07) is 7.83. The highest BCUT2D eigenvalue weighted by molar-refractivity contribution is 5.76. The topological polar surface area (TPSA) is 58.6 Å². The largest absolute Gasteiger partial charge is 0.493 e. The van der Waals surface area contributed by atoms with Crippen LogP contribution in [0.1, 0.15) is 32.3 Å². The first-order chi connectivity index (χ1) is 9.54. The molecule has 0 fully saturated rings. The number of carbonyl (C=O) groups is 1. The van der Waals surface area contributed by atoms with Gasteiger partial charge in [0.15, 0.2) is 0 Å². The molecule has 0 saturated carbocycles. The Morgan fingerprint density at radius 3 is 2.70 bits per heavy atom. The van der Waals surface area contributed by atoms with Gasteiger partial charge < -0.3 is 15.2 Å². The van der Waals surface area contributed by atoms with Crippen LogP contribution in [-0.4, -0.2) is 30.3 Å². The van der Waals surface area contributed by atoms with Gasteiger partial charge in [-0.15, -0.1) is 0 Å². The molecule has 0 radical (unpaired) electrons. The lowest BCUT2D eigenvalue weighted by Crippen LogP contribution is -2.38. The normalized spacial score (nSPS) is 13.6. The molecule has 2 unspecified atom stereocenters. The Kier molecular flexibility index (Phi) is 7.09. The van der Waals surface area contributed by atoms with Gasteiger partial charge in [-0.05, 0) is 37.8 Å². The lowest BCUT2D eigenvalue weighted by molar-refractivity contribution is -0.122. The lowest BCUT2D eigenvalue weighted by Gasteiger charge is -2.19. The number of para-hydroxylation sites is 1. The van der Waals surface area contributed by atoms with E-state index in [1.54, 1.807) is 0 Å². The summed E-state index contributed by atoms with van der Waals surface area (Å²) in [5.74, 6) is 0.948. The zero-order valence-corrected chi connectivity index (χ0v) is 12.6. The second-order valence-electron chi connectivity index (χ2n) is 5.23. The maximum atomic E-state index is 11.7. The molecule has 0 aliphatic rings. The number of nitrogens with one attached hydrogen (secondary N) is 1. The number of benzene rings is 1. The molecule has 0 bridgehead atoms. The highest BCUT2D eigenvalue weighted by Crippen LogP contribution is 2.16. The molecular formula is C16H25NO3. The zero-order valence-electron chi connectivity index (χ0n) is 12.6. The number of hydrogen-bond acceptors (Lipinski definition) is 3. The molecule has 0 spiro atoms. The fourth-order valence-corrected chi connectivity index (χ4v) is 1.76. The van der Waals surface area contributed by atoms with E-state index in [2.05, 4.69) is 5.32 Å². The van der Waals surface area contributed by atoms with E-state index in [-0.39, 0.29) is 24.5 Å². The van der Waals surface area contributed by atoms with Gasteiger partial charge in [0.25, 0.3) is 0 Å². The number of hydrogen-bond donors (Lipinski definition) is 2. The van der Waals surface area contributed by atoms with Crippen LogP contribution in [0.3, 0.4) is 0 Å². The smallest absolute Gasteiger partial charge is 0.220 e. The SMILES string of the molecule is Cc1ccccc1OCCCC(=O)NC(C)C(C)CO. The lowest BCUT2D eigenvalue weighted by atomic mass is 10.1. The first-order valence-corrected chi connectivity index (χ1v) is 7.13. The van der Waals surface area contributed by atoms with Crippen LogP contribution in [0.2, 0.25) is 0 Å². The van der Waals surface area contributed by atoms with E-state index in [1.165, 1.54) is 0 Å². The summed E-state index contributed by atoms with van der Waals surface area (Å²) in [5.41, 5.74) is 1.10. The number of aliphatic hydroxyl groups excluding tert-OH is 1. The third kappa shape index (κ3) is 5.61. The molecule has 1 amide bonds. The zero-order chi connectivity index (χ0) is 15.0. The molecule has 0 aliphatic heterocycles. The van der Waals surface area contributed by atoms with Crippen molar-refractivity contribution in [2.24, 2.45) is 5.92 Å². The van der Waals surface area contributed by atoms with Crippen molar-refractivity contribution in [3.05, 3.63) is 29.8 Å². The van der Waals surface area contributed by atoms with E-state index in [1.807, 2.05) is 45.0 Å². The number of ether oxygens (including phenoxy) is 1. The van der Waals surface area contributed by atoms with Gasteiger partial charge in [-0.1, -0.05) is 25.1 Å². The van der Waals surface area contributed by atoms with Crippen molar-refractivity contribution in [2.75, 3.05) is 13.2 Å². The van der Waals surface area contributed by atoms with Gasteiger partial charge in [-0.3, -0.25) is 4.79 Å². The van der Waals surface area contributed by atoms with Crippen LogP contribution < -0.4 is 10.1 Å². The number of carbonyl (C=O) groups excluding carboxylic acids is 1. The Bertz CT molecular complexity index is 420. The molecule has 4 nitrogen and oxygen atoms in total. The molecular weight excluding hydrogens is 254 g/mol. The van der Waals surface area contributed by atoms with Crippen LogP contribution in [0.25, 0.3) is 0 Å². The summed E-state index contributed by atoms with van der Waals surface area (Å²) in [5, 5.41) is 11.9. The van der Waals surface area contributed by atoms with Crippen molar-refractivity contribution in [3.8, 4) is 5.75 Å². The van der Waals surface area contributed by atoms with E-state index in [0.29, 0.717) is 19.4 Å². The minimum absolute atomic E-state index is 0.00573. The summed E-state index contributed by atoms with van der Waals surface area (Å²) >= 11 is 0. The van der Waals surface area contributed by atoms with E-state index in [9.17, 15) is 4.79 Å². The predicted molar refractivity (Wildman–Crippen MR) is 79.8 cm³/mol. The van der Waals surface area contributed by atoms with Crippen molar-refractivity contribution in [1.82, 2.24) is 5.32 Å². The maximum Gasteiger partial charge on any atom is 0.220 e. The first kappa shape index (κ1) is 16.5. The van der Waals surface area contributed by atoms with Crippen LogP contribution in [0, 0.1) is 12.8 Å². The fraction of sp³-hybridized carbons (Fsp3) is 0.562. The van der Waals surface area contributed by atoms with Crippen LogP contribution >= 0.6 is 0 Å². The fourth-order valence-electron chi connectivity index (χ4n) is 1.76. The predicted octanol–water partition coefficient (Wildman–Crippen LogP) is 2.29. The summed E-state index contributed by atoms with van der Waals surface area (Å²) in [6.07, 6.45) is 1.12. The van der Waals surface area contributed by atoms with Gasteiger partial charge >= 0.3 is 0 Å². The van der Waals surface area contributed by atoms with Crippen LogP contribution in [0.4, 0.5) is 0 Å². The molecule has 2 N–H and O–H groups in total. The van der Waals surface area contributed by atoms with Crippen molar-refractivity contribution in [1.29, 1.82) is 0 Å². The molecule has 1 aromatic rings. The summed E-state index contributed by atoms with van der Waals surface area (Å²) < 4.78 is 5.64. The van der Waals surface area contributed by atoms with Gasteiger partial charge in [-0.25, -0.2) is 0 Å². The number of aryl methyl sites for hydroxylation is 1. The highest BCUT2D eigenvalue weighted by Gasteiger charge is 2.13.